The molecule has 1 amide bonds. The molecule has 0 radical (unpaired) electrons. The maximum Gasteiger partial charge on any atom is 0.221 e. The van der Waals surface area contributed by atoms with Crippen molar-refractivity contribution in [3.8, 4) is 11.5 Å². The Hall–Kier alpha value is -2.57. The standard InChI is InChI=1S/C21H27N3O3/c25-21(23-12-13-24-14-16-26-17-15-24)10-11-22-18-6-8-20(9-7-18)27-19-4-2-1-3-5-19/h1-9,22H,10-17H2,(H,23,25). The number of nitrogens with one attached hydrogen (secondary N) is 2. The van der Waals surface area contributed by atoms with E-state index in [0.29, 0.717) is 19.5 Å². The zero-order chi connectivity index (χ0) is 18.7. The molecule has 1 saturated heterocycles. The largest absolute Gasteiger partial charge is 0.457 e. The van der Waals surface area contributed by atoms with Gasteiger partial charge in [0.2, 0.25) is 5.91 Å². The molecule has 1 fully saturated rings. The molecule has 2 aromatic carbocycles. The van der Waals surface area contributed by atoms with Crippen molar-refractivity contribution in [1.82, 2.24) is 10.2 Å². The van der Waals surface area contributed by atoms with Crippen molar-refractivity contribution >= 4 is 11.6 Å². The van der Waals surface area contributed by atoms with Crippen LogP contribution >= 0.6 is 0 Å². The third-order valence-corrected chi connectivity index (χ3v) is 4.37. The highest BCUT2D eigenvalue weighted by atomic mass is 16.5. The second-order valence-corrected chi connectivity index (χ2v) is 6.42. The summed E-state index contributed by atoms with van der Waals surface area (Å²) in [6, 6.07) is 17.4. The van der Waals surface area contributed by atoms with Gasteiger partial charge in [0.15, 0.2) is 0 Å². The lowest BCUT2D eigenvalue weighted by atomic mass is 10.3. The molecule has 0 unspecified atom stereocenters. The number of para-hydroxylation sites is 1. The molecule has 6 nitrogen and oxygen atoms in total. The smallest absolute Gasteiger partial charge is 0.221 e. The lowest BCUT2D eigenvalue weighted by molar-refractivity contribution is -0.120. The summed E-state index contributed by atoms with van der Waals surface area (Å²) in [4.78, 5) is 14.2. The Labute approximate surface area is 160 Å². The summed E-state index contributed by atoms with van der Waals surface area (Å²) in [6.45, 7) is 5.63. The lowest BCUT2D eigenvalue weighted by Gasteiger charge is -2.26. The van der Waals surface area contributed by atoms with E-state index in [2.05, 4.69) is 15.5 Å². The summed E-state index contributed by atoms with van der Waals surface area (Å²) in [6.07, 6.45) is 0.450. The predicted molar refractivity (Wildman–Crippen MR) is 106 cm³/mol. The Morgan fingerprint density at radius 2 is 1.67 bits per heavy atom. The molecule has 2 aromatic rings. The van der Waals surface area contributed by atoms with Gasteiger partial charge in [0, 0.05) is 44.8 Å². The second-order valence-electron chi connectivity index (χ2n) is 6.42. The van der Waals surface area contributed by atoms with Crippen LogP contribution in [0.3, 0.4) is 0 Å². The molecule has 2 N–H and O–H groups in total. The lowest BCUT2D eigenvalue weighted by Crippen LogP contribution is -2.41. The third kappa shape index (κ3) is 6.92. The average molecular weight is 369 g/mol. The monoisotopic (exact) mass is 369 g/mol. The van der Waals surface area contributed by atoms with Gasteiger partial charge in [0.05, 0.1) is 13.2 Å². The van der Waals surface area contributed by atoms with Gasteiger partial charge >= 0.3 is 0 Å². The summed E-state index contributed by atoms with van der Waals surface area (Å²) in [5, 5.41) is 6.23. The highest BCUT2D eigenvalue weighted by Gasteiger charge is 2.10. The van der Waals surface area contributed by atoms with E-state index in [0.717, 1.165) is 50.0 Å². The van der Waals surface area contributed by atoms with Crippen LogP contribution in [0.25, 0.3) is 0 Å². The third-order valence-electron chi connectivity index (χ3n) is 4.37. The van der Waals surface area contributed by atoms with Crippen LogP contribution in [0.2, 0.25) is 0 Å². The molecule has 0 bridgehead atoms. The van der Waals surface area contributed by atoms with Crippen molar-refractivity contribution < 1.29 is 14.3 Å². The van der Waals surface area contributed by atoms with E-state index in [9.17, 15) is 4.79 Å². The van der Waals surface area contributed by atoms with E-state index in [-0.39, 0.29) is 5.91 Å². The van der Waals surface area contributed by atoms with Crippen LogP contribution in [0.4, 0.5) is 5.69 Å². The van der Waals surface area contributed by atoms with E-state index >= 15 is 0 Å². The minimum absolute atomic E-state index is 0.0693. The molecule has 0 aromatic heterocycles. The Morgan fingerprint density at radius 1 is 0.963 bits per heavy atom. The van der Waals surface area contributed by atoms with Gasteiger partial charge in [-0.3, -0.25) is 9.69 Å². The Balaban J connectivity index is 1.30. The molecule has 0 spiro atoms. The highest BCUT2D eigenvalue weighted by Crippen LogP contribution is 2.22. The van der Waals surface area contributed by atoms with Crippen LogP contribution in [0.15, 0.2) is 54.6 Å². The van der Waals surface area contributed by atoms with Crippen LogP contribution in [0.1, 0.15) is 6.42 Å². The number of morpholine rings is 1. The van der Waals surface area contributed by atoms with Crippen molar-refractivity contribution in [2.75, 3.05) is 51.3 Å². The number of hydrogen-bond acceptors (Lipinski definition) is 5. The number of carbonyl (C=O) groups excluding carboxylic acids is 1. The Bertz CT molecular complexity index is 686. The minimum Gasteiger partial charge on any atom is -0.457 e. The fourth-order valence-corrected chi connectivity index (χ4v) is 2.85. The number of benzene rings is 2. The van der Waals surface area contributed by atoms with Crippen molar-refractivity contribution in [3.63, 3.8) is 0 Å². The van der Waals surface area contributed by atoms with E-state index in [4.69, 9.17) is 9.47 Å². The summed E-state index contributed by atoms with van der Waals surface area (Å²) < 4.78 is 11.1. The number of ether oxygens (including phenoxy) is 2. The number of rotatable bonds is 9. The van der Waals surface area contributed by atoms with E-state index < -0.39 is 0 Å². The van der Waals surface area contributed by atoms with Crippen molar-refractivity contribution in [3.05, 3.63) is 54.6 Å². The normalized spacial score (nSPS) is 14.5. The second kappa shape index (κ2) is 10.5. The molecule has 1 heterocycles. The van der Waals surface area contributed by atoms with Gasteiger partial charge in [-0.05, 0) is 36.4 Å². The van der Waals surface area contributed by atoms with Gasteiger partial charge in [-0.2, -0.15) is 0 Å². The summed E-state index contributed by atoms with van der Waals surface area (Å²) in [5.74, 6) is 1.67. The molecule has 3 rings (SSSR count). The molecular formula is C21H27N3O3. The molecule has 1 aliphatic heterocycles. The van der Waals surface area contributed by atoms with Gasteiger partial charge in [-0.15, -0.1) is 0 Å². The SMILES string of the molecule is O=C(CCNc1ccc(Oc2ccccc2)cc1)NCCN1CCOCC1. The molecule has 6 heteroatoms. The molecule has 1 aliphatic rings. The zero-order valence-corrected chi connectivity index (χ0v) is 15.5. The maximum absolute atomic E-state index is 11.9. The van der Waals surface area contributed by atoms with Crippen LogP contribution in [0, 0.1) is 0 Å². The first-order valence-corrected chi connectivity index (χ1v) is 9.43. The van der Waals surface area contributed by atoms with Crippen LogP contribution in [-0.2, 0) is 9.53 Å². The molecular weight excluding hydrogens is 342 g/mol. The van der Waals surface area contributed by atoms with Crippen LogP contribution < -0.4 is 15.4 Å². The summed E-state index contributed by atoms with van der Waals surface area (Å²) >= 11 is 0. The number of anilines is 1. The first-order chi connectivity index (χ1) is 13.3. The van der Waals surface area contributed by atoms with Gasteiger partial charge in [0.1, 0.15) is 11.5 Å². The van der Waals surface area contributed by atoms with E-state index in [1.807, 2.05) is 54.6 Å². The van der Waals surface area contributed by atoms with Crippen molar-refractivity contribution in [2.24, 2.45) is 0 Å². The molecule has 0 atom stereocenters. The van der Waals surface area contributed by atoms with E-state index in [1.54, 1.807) is 0 Å². The Morgan fingerprint density at radius 3 is 2.41 bits per heavy atom. The van der Waals surface area contributed by atoms with Crippen LogP contribution in [0.5, 0.6) is 11.5 Å². The van der Waals surface area contributed by atoms with Gasteiger partial charge < -0.3 is 20.1 Å². The van der Waals surface area contributed by atoms with Gasteiger partial charge in [-0.25, -0.2) is 0 Å². The topological polar surface area (TPSA) is 62.8 Å². The quantitative estimate of drug-likeness (QED) is 0.712. The Kier molecular flexibility index (Phi) is 7.50. The summed E-state index contributed by atoms with van der Waals surface area (Å²) in [5.41, 5.74) is 0.969. The van der Waals surface area contributed by atoms with E-state index in [1.165, 1.54) is 0 Å². The van der Waals surface area contributed by atoms with Crippen molar-refractivity contribution in [2.45, 2.75) is 6.42 Å². The first-order valence-electron chi connectivity index (χ1n) is 9.43. The average Bonchev–Trinajstić information content (AvgIpc) is 2.71. The maximum atomic E-state index is 11.9. The number of hydrogen-bond donors (Lipinski definition) is 2. The van der Waals surface area contributed by atoms with Gasteiger partial charge in [-0.1, -0.05) is 18.2 Å². The van der Waals surface area contributed by atoms with Crippen LogP contribution in [-0.4, -0.2) is 56.7 Å². The number of amides is 1. The first kappa shape index (κ1) is 19.2. The van der Waals surface area contributed by atoms with Crippen molar-refractivity contribution in [1.29, 1.82) is 0 Å². The number of nitrogens with zero attached hydrogens (tertiary/aromatic N) is 1. The molecule has 27 heavy (non-hydrogen) atoms. The fraction of sp³-hybridized carbons (Fsp3) is 0.381. The van der Waals surface area contributed by atoms with Gasteiger partial charge in [0.25, 0.3) is 0 Å². The number of carbonyl (C=O) groups is 1. The summed E-state index contributed by atoms with van der Waals surface area (Å²) in [7, 11) is 0. The fourth-order valence-electron chi connectivity index (χ4n) is 2.85. The zero-order valence-electron chi connectivity index (χ0n) is 15.5. The molecule has 0 aliphatic carbocycles. The highest BCUT2D eigenvalue weighted by molar-refractivity contribution is 5.76. The predicted octanol–water partition coefficient (Wildman–Crippen LogP) is 2.73. The molecule has 144 valence electrons. The molecule has 0 saturated carbocycles. The minimum atomic E-state index is 0.0693.